The lowest BCUT2D eigenvalue weighted by Crippen LogP contribution is -2.29. The van der Waals surface area contributed by atoms with Crippen molar-refractivity contribution < 1.29 is 0 Å². The molecule has 102 valence electrons. The predicted octanol–water partition coefficient (Wildman–Crippen LogP) is 4.11. The fourth-order valence-electron chi connectivity index (χ4n) is 3.14. The average Bonchev–Trinajstić information content (AvgIpc) is 2.67. The molecule has 0 aliphatic heterocycles. The SMILES string of the molecule is CCCc1nccn1CC1(CS)CCCCCC1. The van der Waals surface area contributed by atoms with Crippen LogP contribution in [0.15, 0.2) is 12.4 Å². The minimum atomic E-state index is 0.406. The molecule has 18 heavy (non-hydrogen) atoms. The van der Waals surface area contributed by atoms with E-state index in [1.165, 1.54) is 50.8 Å². The fraction of sp³-hybridized carbons (Fsp3) is 0.800. The van der Waals surface area contributed by atoms with Crippen LogP contribution in [0.3, 0.4) is 0 Å². The van der Waals surface area contributed by atoms with Gasteiger partial charge in [0.15, 0.2) is 0 Å². The van der Waals surface area contributed by atoms with E-state index in [1.54, 1.807) is 0 Å². The molecule has 1 aliphatic carbocycles. The molecule has 0 bridgehead atoms. The van der Waals surface area contributed by atoms with Gasteiger partial charge in [-0.05, 0) is 30.4 Å². The van der Waals surface area contributed by atoms with Crippen molar-refractivity contribution in [2.24, 2.45) is 5.41 Å². The Hall–Kier alpha value is -0.440. The van der Waals surface area contributed by atoms with Gasteiger partial charge in [-0.25, -0.2) is 4.98 Å². The van der Waals surface area contributed by atoms with E-state index in [9.17, 15) is 0 Å². The van der Waals surface area contributed by atoms with E-state index in [4.69, 9.17) is 0 Å². The number of imidazole rings is 1. The summed E-state index contributed by atoms with van der Waals surface area (Å²) in [6.45, 7) is 3.34. The number of hydrogen-bond acceptors (Lipinski definition) is 2. The van der Waals surface area contributed by atoms with Crippen LogP contribution >= 0.6 is 12.6 Å². The van der Waals surface area contributed by atoms with E-state index in [0.717, 1.165) is 18.7 Å². The number of thiol groups is 1. The minimum Gasteiger partial charge on any atom is -0.334 e. The molecule has 0 aromatic carbocycles. The zero-order valence-corrected chi connectivity index (χ0v) is 12.5. The summed E-state index contributed by atoms with van der Waals surface area (Å²) in [5.74, 6) is 2.26. The molecule has 3 heteroatoms. The standard InChI is InChI=1S/C15H26N2S/c1-2-7-14-16-10-11-17(14)12-15(13-18)8-5-3-4-6-9-15/h10-11,18H,2-9,12-13H2,1H3. The minimum absolute atomic E-state index is 0.406. The van der Waals surface area contributed by atoms with Crippen molar-refractivity contribution in [1.82, 2.24) is 9.55 Å². The molecule has 0 spiro atoms. The topological polar surface area (TPSA) is 17.8 Å². The highest BCUT2D eigenvalue weighted by Crippen LogP contribution is 2.37. The summed E-state index contributed by atoms with van der Waals surface area (Å²) in [4.78, 5) is 4.50. The first-order chi connectivity index (χ1) is 8.79. The van der Waals surface area contributed by atoms with Gasteiger partial charge in [0.25, 0.3) is 0 Å². The van der Waals surface area contributed by atoms with Gasteiger partial charge >= 0.3 is 0 Å². The predicted molar refractivity (Wildman–Crippen MR) is 80.2 cm³/mol. The third-order valence-electron chi connectivity index (χ3n) is 4.28. The van der Waals surface area contributed by atoms with Crippen LogP contribution in [0.2, 0.25) is 0 Å². The van der Waals surface area contributed by atoms with Crippen molar-refractivity contribution in [3.8, 4) is 0 Å². The summed E-state index contributed by atoms with van der Waals surface area (Å²) < 4.78 is 2.38. The largest absolute Gasteiger partial charge is 0.334 e. The first kappa shape index (κ1) is 14.0. The summed E-state index contributed by atoms with van der Waals surface area (Å²) in [6.07, 6.45) is 14.6. The monoisotopic (exact) mass is 266 g/mol. The molecular weight excluding hydrogens is 240 g/mol. The molecule has 2 nitrogen and oxygen atoms in total. The smallest absolute Gasteiger partial charge is 0.108 e. The summed E-state index contributed by atoms with van der Waals surface area (Å²) >= 11 is 4.66. The lowest BCUT2D eigenvalue weighted by molar-refractivity contribution is 0.238. The Morgan fingerprint density at radius 3 is 2.61 bits per heavy atom. The maximum Gasteiger partial charge on any atom is 0.108 e. The van der Waals surface area contributed by atoms with Crippen LogP contribution in [0.25, 0.3) is 0 Å². The van der Waals surface area contributed by atoms with Crippen LogP contribution < -0.4 is 0 Å². The van der Waals surface area contributed by atoms with Gasteiger partial charge in [-0.1, -0.05) is 32.6 Å². The van der Waals surface area contributed by atoms with Crippen LogP contribution in [-0.2, 0) is 13.0 Å². The highest BCUT2D eigenvalue weighted by atomic mass is 32.1. The second-order valence-corrected chi connectivity index (χ2v) is 6.11. The highest BCUT2D eigenvalue weighted by Gasteiger charge is 2.30. The van der Waals surface area contributed by atoms with Crippen molar-refractivity contribution in [1.29, 1.82) is 0 Å². The van der Waals surface area contributed by atoms with Crippen LogP contribution in [0.5, 0.6) is 0 Å². The molecule has 0 atom stereocenters. The maximum atomic E-state index is 4.66. The van der Waals surface area contributed by atoms with Crippen LogP contribution in [0, 0.1) is 5.41 Å². The Kier molecular flexibility index (Phi) is 5.16. The van der Waals surface area contributed by atoms with Gasteiger partial charge in [0.05, 0.1) is 0 Å². The molecular formula is C15H26N2S. The third-order valence-corrected chi connectivity index (χ3v) is 4.95. The Morgan fingerprint density at radius 2 is 2.00 bits per heavy atom. The van der Waals surface area contributed by atoms with E-state index < -0.39 is 0 Å². The van der Waals surface area contributed by atoms with E-state index in [0.29, 0.717) is 5.41 Å². The summed E-state index contributed by atoms with van der Waals surface area (Å²) in [6, 6.07) is 0. The molecule has 1 aliphatic rings. The fourth-order valence-corrected chi connectivity index (χ4v) is 3.56. The zero-order chi connectivity index (χ0) is 12.8. The molecule has 0 N–H and O–H groups in total. The zero-order valence-electron chi connectivity index (χ0n) is 11.6. The number of hydrogen-bond donors (Lipinski definition) is 1. The van der Waals surface area contributed by atoms with Gasteiger partial charge in [-0.2, -0.15) is 12.6 Å². The number of nitrogens with zero attached hydrogens (tertiary/aromatic N) is 2. The summed E-state index contributed by atoms with van der Waals surface area (Å²) in [7, 11) is 0. The Morgan fingerprint density at radius 1 is 1.28 bits per heavy atom. The molecule has 1 fully saturated rings. The summed E-state index contributed by atoms with van der Waals surface area (Å²) in [5, 5.41) is 0. The van der Waals surface area contributed by atoms with Gasteiger partial charge in [-0.3, -0.25) is 0 Å². The third kappa shape index (κ3) is 3.31. The van der Waals surface area contributed by atoms with Crippen LogP contribution in [0.4, 0.5) is 0 Å². The Labute approximate surface area is 117 Å². The van der Waals surface area contributed by atoms with E-state index in [2.05, 4.69) is 35.3 Å². The number of aromatic nitrogens is 2. The molecule has 1 heterocycles. The van der Waals surface area contributed by atoms with Gasteiger partial charge < -0.3 is 4.57 Å². The van der Waals surface area contributed by atoms with Crippen LogP contribution in [-0.4, -0.2) is 15.3 Å². The Balaban J connectivity index is 2.10. The normalized spacial score (nSPS) is 19.7. The van der Waals surface area contributed by atoms with Gasteiger partial charge in [0.2, 0.25) is 0 Å². The molecule has 0 amide bonds. The number of rotatable bonds is 5. The van der Waals surface area contributed by atoms with E-state index in [1.807, 2.05) is 6.20 Å². The Bertz CT molecular complexity index is 351. The number of aryl methyl sites for hydroxylation is 1. The molecule has 1 aromatic heterocycles. The second-order valence-electron chi connectivity index (χ2n) is 5.79. The molecule has 0 unspecified atom stereocenters. The first-order valence-electron chi connectivity index (χ1n) is 7.40. The quantitative estimate of drug-likeness (QED) is 0.627. The lowest BCUT2D eigenvalue weighted by Gasteiger charge is -2.32. The molecule has 2 rings (SSSR count). The van der Waals surface area contributed by atoms with Crippen molar-refractivity contribution in [2.45, 2.75) is 64.8 Å². The highest BCUT2D eigenvalue weighted by molar-refractivity contribution is 7.80. The van der Waals surface area contributed by atoms with Gasteiger partial charge in [-0.15, -0.1) is 0 Å². The molecule has 1 saturated carbocycles. The second kappa shape index (κ2) is 6.65. The van der Waals surface area contributed by atoms with Crippen molar-refractivity contribution in [3.05, 3.63) is 18.2 Å². The first-order valence-corrected chi connectivity index (χ1v) is 8.04. The summed E-state index contributed by atoms with van der Waals surface area (Å²) in [5.41, 5.74) is 0.406. The molecule has 0 radical (unpaired) electrons. The van der Waals surface area contributed by atoms with Crippen molar-refractivity contribution in [2.75, 3.05) is 5.75 Å². The van der Waals surface area contributed by atoms with Gasteiger partial charge in [0, 0.05) is 25.4 Å². The van der Waals surface area contributed by atoms with Crippen LogP contribution in [0.1, 0.15) is 57.7 Å². The average molecular weight is 266 g/mol. The molecule has 1 aromatic rings. The lowest BCUT2D eigenvalue weighted by atomic mass is 9.82. The van der Waals surface area contributed by atoms with Gasteiger partial charge in [0.1, 0.15) is 5.82 Å². The van der Waals surface area contributed by atoms with E-state index >= 15 is 0 Å². The molecule has 0 saturated heterocycles. The van der Waals surface area contributed by atoms with Crippen molar-refractivity contribution >= 4 is 12.6 Å². The van der Waals surface area contributed by atoms with E-state index in [-0.39, 0.29) is 0 Å². The van der Waals surface area contributed by atoms with Crippen molar-refractivity contribution in [3.63, 3.8) is 0 Å². The maximum absolute atomic E-state index is 4.66.